The van der Waals surface area contributed by atoms with Crippen LogP contribution in [0.25, 0.3) is 11.0 Å². The van der Waals surface area contributed by atoms with Gasteiger partial charge in [-0.1, -0.05) is 41.6 Å². The average Bonchev–Trinajstić information content (AvgIpc) is 3.42. The quantitative estimate of drug-likeness (QED) is 0.362. The molecule has 8 heteroatoms. The van der Waals surface area contributed by atoms with Crippen molar-refractivity contribution in [2.75, 3.05) is 0 Å². The monoisotopic (exact) mass is 478 g/mol. The number of rotatable bonds is 8. The molecule has 0 unspecified atom stereocenters. The number of aliphatic hydroxyl groups excluding tert-OH is 1. The molecule has 2 heterocycles. The molecule has 0 amide bonds. The van der Waals surface area contributed by atoms with Crippen molar-refractivity contribution in [3.63, 3.8) is 0 Å². The summed E-state index contributed by atoms with van der Waals surface area (Å²) in [5.41, 5.74) is 4.33. The Labute approximate surface area is 203 Å². The van der Waals surface area contributed by atoms with Crippen molar-refractivity contribution in [1.29, 1.82) is 0 Å². The van der Waals surface area contributed by atoms with E-state index in [1.54, 1.807) is 0 Å². The van der Waals surface area contributed by atoms with Crippen LogP contribution in [0.1, 0.15) is 59.0 Å². The highest BCUT2D eigenvalue weighted by Gasteiger charge is 2.43. The maximum atomic E-state index is 13.5. The Kier molecular flexibility index (Phi) is 6.81. The van der Waals surface area contributed by atoms with Crippen LogP contribution in [0.15, 0.2) is 42.5 Å². The van der Waals surface area contributed by atoms with E-state index in [1.165, 1.54) is 11.3 Å². The molecule has 0 bridgehead atoms. The maximum absolute atomic E-state index is 13.5. The molecule has 0 aliphatic heterocycles. The number of fused-ring (bicyclic) bond motifs is 1. The third-order valence-electron chi connectivity index (χ3n) is 6.36. The van der Waals surface area contributed by atoms with E-state index in [9.17, 15) is 9.90 Å². The average molecular weight is 479 g/mol. The minimum atomic E-state index is -0.926. The number of carbonyl (C=O) groups excluding carboxylic acids is 1. The van der Waals surface area contributed by atoms with E-state index in [-0.39, 0.29) is 25.1 Å². The molecule has 0 spiro atoms. The number of aryl methyl sites for hydroxylation is 3. The number of benzene rings is 2. The summed E-state index contributed by atoms with van der Waals surface area (Å²) in [6.45, 7) is 10.6. The fraction of sp³-hybridized carbons (Fsp3) is 0.385. The number of carbonyl (C=O) groups is 1. The van der Waals surface area contributed by atoms with Gasteiger partial charge in [-0.2, -0.15) is 0 Å². The largest absolute Gasteiger partial charge is 0.460 e. The van der Waals surface area contributed by atoms with Crippen molar-refractivity contribution in [2.24, 2.45) is 5.41 Å². The van der Waals surface area contributed by atoms with E-state index in [1.807, 2.05) is 81.8 Å². The zero-order valence-corrected chi connectivity index (χ0v) is 21.0. The first-order valence-electron chi connectivity index (χ1n) is 11.4. The van der Waals surface area contributed by atoms with Crippen LogP contribution in [0.2, 0.25) is 0 Å². The zero-order chi connectivity index (χ0) is 24.5. The van der Waals surface area contributed by atoms with Crippen molar-refractivity contribution in [3.05, 3.63) is 74.7 Å². The fourth-order valence-electron chi connectivity index (χ4n) is 4.31. The molecule has 0 radical (unpaired) electrons. The Morgan fingerprint density at radius 3 is 2.56 bits per heavy atom. The van der Waals surface area contributed by atoms with Crippen molar-refractivity contribution >= 4 is 28.3 Å². The van der Waals surface area contributed by atoms with E-state index in [4.69, 9.17) is 9.72 Å². The van der Waals surface area contributed by atoms with Crippen molar-refractivity contribution in [1.82, 2.24) is 20.0 Å². The van der Waals surface area contributed by atoms with Crippen LogP contribution in [0.5, 0.6) is 0 Å². The second-order valence-corrected chi connectivity index (χ2v) is 10.2. The molecule has 0 aliphatic carbocycles. The number of aliphatic hydroxyl groups is 1. The van der Waals surface area contributed by atoms with Gasteiger partial charge in [-0.3, -0.25) is 4.79 Å². The van der Waals surface area contributed by atoms with Crippen LogP contribution in [0.4, 0.5) is 0 Å². The van der Waals surface area contributed by atoms with Crippen LogP contribution in [0.3, 0.4) is 0 Å². The van der Waals surface area contributed by atoms with Crippen molar-refractivity contribution in [2.45, 2.75) is 60.3 Å². The summed E-state index contributed by atoms with van der Waals surface area (Å²) in [6.07, 6.45) is 0. The first-order valence-corrected chi connectivity index (χ1v) is 12.2. The first-order chi connectivity index (χ1) is 16.3. The highest BCUT2D eigenvalue weighted by Crippen LogP contribution is 2.46. The lowest BCUT2D eigenvalue weighted by molar-refractivity contribution is -0.156. The molecule has 1 N–H and O–H groups in total. The predicted molar refractivity (Wildman–Crippen MR) is 133 cm³/mol. The highest BCUT2D eigenvalue weighted by molar-refractivity contribution is 7.11. The van der Waals surface area contributed by atoms with E-state index in [0.29, 0.717) is 5.69 Å². The molecule has 2 aromatic carbocycles. The van der Waals surface area contributed by atoms with Crippen LogP contribution in [0, 0.1) is 19.3 Å². The summed E-state index contributed by atoms with van der Waals surface area (Å²) in [6, 6.07) is 13.7. The van der Waals surface area contributed by atoms with Crippen LogP contribution >= 0.6 is 11.3 Å². The number of nitrogens with zero attached hydrogens (tertiary/aromatic N) is 4. The van der Waals surface area contributed by atoms with Gasteiger partial charge in [-0.05, 0) is 57.4 Å². The zero-order valence-electron chi connectivity index (χ0n) is 20.2. The van der Waals surface area contributed by atoms with Gasteiger partial charge < -0.3 is 9.84 Å². The predicted octanol–water partition coefficient (Wildman–Crippen LogP) is 4.92. The second-order valence-electron chi connectivity index (χ2n) is 8.98. The van der Waals surface area contributed by atoms with E-state index < -0.39 is 5.41 Å². The summed E-state index contributed by atoms with van der Waals surface area (Å²) in [5.74, 6) is -0.688. The molecular formula is C26H30N4O3S. The summed E-state index contributed by atoms with van der Waals surface area (Å²) in [7, 11) is 0. The molecule has 1 atom stereocenters. The van der Waals surface area contributed by atoms with Gasteiger partial charge in [0.2, 0.25) is 0 Å². The van der Waals surface area contributed by atoms with Crippen LogP contribution in [-0.2, 0) is 29.3 Å². The smallest absolute Gasteiger partial charge is 0.312 e. The summed E-state index contributed by atoms with van der Waals surface area (Å²) >= 11 is 1.50. The molecule has 0 saturated heterocycles. The fourth-order valence-corrected chi connectivity index (χ4v) is 5.54. The molecule has 2 aromatic heterocycles. The molecule has 34 heavy (non-hydrogen) atoms. The van der Waals surface area contributed by atoms with Crippen molar-refractivity contribution in [3.8, 4) is 0 Å². The Balaban J connectivity index is 1.78. The van der Waals surface area contributed by atoms with Crippen LogP contribution in [-0.4, -0.2) is 31.1 Å². The number of thiazole rings is 1. The lowest BCUT2D eigenvalue weighted by Crippen LogP contribution is -2.34. The molecular weight excluding hydrogens is 448 g/mol. The number of hydrogen-bond donors (Lipinski definition) is 1. The maximum Gasteiger partial charge on any atom is 0.312 e. The van der Waals surface area contributed by atoms with Gasteiger partial charge in [-0.15, -0.1) is 16.4 Å². The Morgan fingerprint density at radius 2 is 1.91 bits per heavy atom. The summed E-state index contributed by atoms with van der Waals surface area (Å²) in [5, 5.41) is 19.2. The molecule has 4 aromatic rings. The molecule has 178 valence electrons. The van der Waals surface area contributed by atoms with Gasteiger partial charge in [0.1, 0.15) is 17.1 Å². The molecule has 0 aliphatic rings. The third kappa shape index (κ3) is 4.35. The van der Waals surface area contributed by atoms with E-state index in [2.05, 4.69) is 10.3 Å². The molecule has 7 nitrogen and oxygen atoms in total. The van der Waals surface area contributed by atoms with E-state index >= 15 is 0 Å². The van der Waals surface area contributed by atoms with E-state index in [0.717, 1.165) is 44.2 Å². The van der Waals surface area contributed by atoms with Gasteiger partial charge >= 0.3 is 5.97 Å². The second kappa shape index (κ2) is 9.64. The first kappa shape index (κ1) is 24.0. The summed E-state index contributed by atoms with van der Waals surface area (Å²) in [4.78, 5) is 19.2. The topological polar surface area (TPSA) is 90.1 Å². The molecule has 0 saturated carbocycles. The lowest BCUT2D eigenvalue weighted by Gasteiger charge is -2.32. The Hall–Kier alpha value is -3.10. The molecule has 4 rings (SSSR count). The number of esters is 1. The van der Waals surface area contributed by atoms with Gasteiger partial charge in [0.25, 0.3) is 0 Å². The number of ether oxygens (including phenoxy) is 1. The van der Waals surface area contributed by atoms with Gasteiger partial charge in [0.15, 0.2) is 0 Å². The minimum absolute atomic E-state index is 0.142. The Morgan fingerprint density at radius 1 is 1.18 bits per heavy atom. The molecule has 0 fully saturated rings. The van der Waals surface area contributed by atoms with Crippen molar-refractivity contribution < 1.29 is 14.6 Å². The normalized spacial score (nSPS) is 12.8. The standard InChI is InChI=1S/C26H30N4O3S/c1-6-30-21-13-12-19(16(2)23(21)28-29-30)22(24-27-20(14-31)17(3)34-24)26(4,5)25(32)33-15-18-10-8-7-9-11-18/h7-13,22,31H,6,14-15H2,1-5H3/t22-/m0/s1. The van der Waals surface area contributed by atoms with Gasteiger partial charge in [0.05, 0.1) is 29.2 Å². The van der Waals surface area contributed by atoms with Crippen LogP contribution < -0.4 is 0 Å². The summed E-state index contributed by atoms with van der Waals surface area (Å²) < 4.78 is 7.64. The number of aromatic nitrogens is 4. The van der Waals surface area contributed by atoms with Gasteiger partial charge in [-0.25, -0.2) is 9.67 Å². The highest BCUT2D eigenvalue weighted by atomic mass is 32.1. The lowest BCUT2D eigenvalue weighted by atomic mass is 9.73. The SMILES string of the molecule is CCn1nnc2c(C)c([C@@H](c3nc(CO)c(C)s3)C(C)(C)C(=O)OCc3ccccc3)ccc21. The van der Waals surface area contributed by atoms with Gasteiger partial charge in [0, 0.05) is 11.4 Å². The number of hydrogen-bond acceptors (Lipinski definition) is 7. The minimum Gasteiger partial charge on any atom is -0.460 e. The Bertz CT molecular complexity index is 1310. The third-order valence-corrected chi connectivity index (χ3v) is 7.44.